The van der Waals surface area contributed by atoms with E-state index >= 15 is 0 Å². The first-order valence-corrected chi connectivity index (χ1v) is 6.59. The van der Waals surface area contributed by atoms with Crippen molar-refractivity contribution in [1.29, 1.82) is 0 Å². The van der Waals surface area contributed by atoms with Gasteiger partial charge in [0.15, 0.2) is 0 Å². The molecule has 0 fully saturated rings. The van der Waals surface area contributed by atoms with Crippen LogP contribution >= 0.6 is 0 Å². The summed E-state index contributed by atoms with van der Waals surface area (Å²) in [6.07, 6.45) is 0. The summed E-state index contributed by atoms with van der Waals surface area (Å²) in [4.78, 5) is 11.5. The van der Waals surface area contributed by atoms with E-state index in [-0.39, 0.29) is 11.0 Å². The molecule has 1 aromatic carbocycles. The molecule has 0 aliphatic heterocycles. The molecule has 94 valence electrons. The topological polar surface area (TPSA) is 89.3 Å². The van der Waals surface area contributed by atoms with E-state index in [1.54, 1.807) is 29.0 Å². The van der Waals surface area contributed by atoms with Crippen molar-refractivity contribution < 1.29 is 13.2 Å². The minimum absolute atomic E-state index is 0.0189. The molecule has 0 atom stereocenters. The predicted molar refractivity (Wildman–Crippen MR) is 65.7 cm³/mol. The molecule has 0 spiro atoms. The highest BCUT2D eigenvalue weighted by Crippen LogP contribution is 2.22. The molecule has 1 amide bonds. The molecule has 0 aliphatic carbocycles. The third-order valence-corrected chi connectivity index (χ3v) is 2.72. The minimum Gasteiger partial charge on any atom is -0.268 e. The summed E-state index contributed by atoms with van der Waals surface area (Å²) < 4.78 is 23.1. The number of amides is 1. The molecule has 1 rings (SSSR count). The Balaban J connectivity index is 2.93. The number of hydrogen-bond donors (Lipinski definition) is 2. The molecule has 0 saturated carbocycles. The van der Waals surface area contributed by atoms with E-state index in [4.69, 9.17) is 5.14 Å². The first kappa shape index (κ1) is 13.7. The lowest BCUT2D eigenvalue weighted by atomic mass is 9.87. The number of carbonyl (C=O) groups excluding carboxylic acids is 1. The van der Waals surface area contributed by atoms with Crippen LogP contribution in [0.4, 0.5) is 0 Å². The third-order valence-electron chi connectivity index (χ3n) is 2.25. The van der Waals surface area contributed by atoms with Crippen LogP contribution in [0.15, 0.2) is 24.3 Å². The van der Waals surface area contributed by atoms with Gasteiger partial charge in [-0.1, -0.05) is 32.9 Å². The van der Waals surface area contributed by atoms with Crippen molar-refractivity contribution in [2.24, 2.45) is 5.14 Å². The summed E-state index contributed by atoms with van der Waals surface area (Å²) in [5, 5.41) is 4.71. The number of nitrogens with two attached hydrogens (primary N) is 1. The highest BCUT2D eigenvalue weighted by molar-refractivity contribution is 7.87. The van der Waals surface area contributed by atoms with Gasteiger partial charge in [-0.25, -0.2) is 9.86 Å². The standard InChI is InChI=1S/C11H16N2O3S/c1-11(2,3)9-6-4-8(5-7-9)10(14)13-17(12,15)16/h4-7H,1-3H3,(H,13,14)(H2,12,15,16). The van der Waals surface area contributed by atoms with Crippen molar-refractivity contribution in [1.82, 2.24) is 4.72 Å². The quantitative estimate of drug-likeness (QED) is 0.824. The Kier molecular flexibility index (Phi) is 3.59. The summed E-state index contributed by atoms with van der Waals surface area (Å²) >= 11 is 0. The van der Waals surface area contributed by atoms with Crippen LogP contribution in [0.25, 0.3) is 0 Å². The van der Waals surface area contributed by atoms with Crippen molar-refractivity contribution in [2.75, 3.05) is 0 Å². The number of nitrogens with one attached hydrogen (secondary N) is 1. The second kappa shape index (κ2) is 4.46. The van der Waals surface area contributed by atoms with Gasteiger partial charge in [0, 0.05) is 5.56 Å². The van der Waals surface area contributed by atoms with Gasteiger partial charge >= 0.3 is 0 Å². The summed E-state index contributed by atoms with van der Waals surface area (Å²) in [6.45, 7) is 6.14. The van der Waals surface area contributed by atoms with Crippen molar-refractivity contribution in [3.05, 3.63) is 35.4 Å². The zero-order valence-corrected chi connectivity index (χ0v) is 10.8. The van der Waals surface area contributed by atoms with Gasteiger partial charge in [0.2, 0.25) is 0 Å². The van der Waals surface area contributed by atoms with Crippen LogP contribution in [0.5, 0.6) is 0 Å². The third kappa shape index (κ3) is 4.16. The molecule has 3 N–H and O–H groups in total. The van der Waals surface area contributed by atoms with Gasteiger partial charge < -0.3 is 0 Å². The average Bonchev–Trinajstić information content (AvgIpc) is 2.14. The number of benzene rings is 1. The maximum absolute atomic E-state index is 11.5. The molecule has 0 aromatic heterocycles. The van der Waals surface area contributed by atoms with Crippen LogP contribution in [0.3, 0.4) is 0 Å². The van der Waals surface area contributed by atoms with Gasteiger partial charge in [-0.15, -0.1) is 0 Å². The number of rotatable bonds is 2. The Hall–Kier alpha value is -1.40. The zero-order valence-electron chi connectivity index (χ0n) is 10.0. The molecule has 0 aliphatic rings. The molecule has 5 nitrogen and oxygen atoms in total. The van der Waals surface area contributed by atoms with E-state index in [0.717, 1.165) is 5.56 Å². The van der Waals surface area contributed by atoms with Crippen molar-refractivity contribution in [3.8, 4) is 0 Å². The number of hydrogen-bond acceptors (Lipinski definition) is 3. The van der Waals surface area contributed by atoms with Gasteiger partial charge in [0.1, 0.15) is 0 Å². The lowest BCUT2D eigenvalue weighted by molar-refractivity contribution is 0.0981. The lowest BCUT2D eigenvalue weighted by Crippen LogP contribution is -2.35. The summed E-state index contributed by atoms with van der Waals surface area (Å²) in [5.41, 5.74) is 1.30. The van der Waals surface area contributed by atoms with E-state index < -0.39 is 16.1 Å². The maximum Gasteiger partial charge on any atom is 0.298 e. The second-order valence-electron chi connectivity index (χ2n) is 4.80. The van der Waals surface area contributed by atoms with Crippen LogP contribution in [0.1, 0.15) is 36.7 Å². The fourth-order valence-electron chi connectivity index (χ4n) is 1.31. The molecular weight excluding hydrogens is 240 g/mol. The van der Waals surface area contributed by atoms with Crippen LogP contribution < -0.4 is 9.86 Å². The molecule has 0 unspecified atom stereocenters. The second-order valence-corrected chi connectivity index (χ2v) is 6.10. The van der Waals surface area contributed by atoms with Gasteiger partial charge in [-0.3, -0.25) is 4.79 Å². The predicted octanol–water partition coefficient (Wildman–Crippen LogP) is 0.917. The van der Waals surface area contributed by atoms with E-state index in [9.17, 15) is 13.2 Å². The van der Waals surface area contributed by atoms with Gasteiger partial charge in [-0.2, -0.15) is 8.42 Å². The molecule has 0 heterocycles. The average molecular weight is 256 g/mol. The smallest absolute Gasteiger partial charge is 0.268 e. The number of carbonyl (C=O) groups is 1. The monoisotopic (exact) mass is 256 g/mol. The normalized spacial score (nSPS) is 12.2. The molecular formula is C11H16N2O3S. The van der Waals surface area contributed by atoms with Gasteiger partial charge in [-0.05, 0) is 23.1 Å². The molecule has 0 radical (unpaired) electrons. The highest BCUT2D eigenvalue weighted by atomic mass is 32.2. The minimum atomic E-state index is -4.01. The lowest BCUT2D eigenvalue weighted by Gasteiger charge is -2.18. The Bertz CT molecular complexity index is 513. The van der Waals surface area contributed by atoms with Crippen molar-refractivity contribution >= 4 is 16.1 Å². The molecule has 0 bridgehead atoms. The van der Waals surface area contributed by atoms with E-state index in [1.807, 2.05) is 20.8 Å². The largest absolute Gasteiger partial charge is 0.298 e. The first-order chi connectivity index (χ1) is 7.59. The van der Waals surface area contributed by atoms with Crippen molar-refractivity contribution in [2.45, 2.75) is 26.2 Å². The fourth-order valence-corrected chi connectivity index (χ4v) is 1.69. The van der Waals surface area contributed by atoms with Crippen LogP contribution in [0, 0.1) is 0 Å². The molecule has 6 heteroatoms. The van der Waals surface area contributed by atoms with Crippen molar-refractivity contribution in [3.63, 3.8) is 0 Å². The molecule has 0 saturated heterocycles. The van der Waals surface area contributed by atoms with E-state index in [2.05, 4.69) is 0 Å². The highest BCUT2D eigenvalue weighted by Gasteiger charge is 2.15. The summed E-state index contributed by atoms with van der Waals surface area (Å²) in [7, 11) is -4.01. The van der Waals surface area contributed by atoms with Crippen LogP contribution in [-0.2, 0) is 15.6 Å². The Morgan fingerprint density at radius 1 is 1.18 bits per heavy atom. The van der Waals surface area contributed by atoms with Crippen LogP contribution in [0.2, 0.25) is 0 Å². The van der Waals surface area contributed by atoms with Gasteiger partial charge in [0.25, 0.3) is 16.1 Å². The molecule has 17 heavy (non-hydrogen) atoms. The maximum atomic E-state index is 11.5. The summed E-state index contributed by atoms with van der Waals surface area (Å²) in [5.74, 6) is -0.729. The van der Waals surface area contributed by atoms with Gasteiger partial charge in [0.05, 0.1) is 0 Å². The zero-order chi connectivity index (χ0) is 13.3. The summed E-state index contributed by atoms with van der Waals surface area (Å²) in [6, 6.07) is 6.72. The fraction of sp³-hybridized carbons (Fsp3) is 0.364. The Labute approximate surface area is 101 Å². The Morgan fingerprint density at radius 2 is 1.65 bits per heavy atom. The first-order valence-electron chi connectivity index (χ1n) is 5.05. The van der Waals surface area contributed by atoms with E-state index in [0.29, 0.717) is 0 Å². The van der Waals surface area contributed by atoms with E-state index in [1.165, 1.54) is 0 Å². The SMILES string of the molecule is CC(C)(C)c1ccc(C(=O)NS(N)(=O)=O)cc1. The molecule has 1 aromatic rings. The van der Waals surface area contributed by atoms with Crippen LogP contribution in [-0.4, -0.2) is 14.3 Å². The Morgan fingerprint density at radius 3 is 2.00 bits per heavy atom.